The third kappa shape index (κ3) is 2.81. The summed E-state index contributed by atoms with van der Waals surface area (Å²) in [5, 5.41) is 0. The van der Waals surface area contributed by atoms with Crippen molar-refractivity contribution in [1.82, 2.24) is 0 Å². The van der Waals surface area contributed by atoms with Gasteiger partial charge in [0.1, 0.15) is 5.82 Å². The molecule has 1 aromatic carbocycles. The summed E-state index contributed by atoms with van der Waals surface area (Å²) in [6, 6.07) is 6.78. The molecule has 0 radical (unpaired) electrons. The van der Waals surface area contributed by atoms with Gasteiger partial charge in [0.2, 0.25) is 0 Å². The average Bonchev–Trinajstić information content (AvgIpc) is 2.18. The summed E-state index contributed by atoms with van der Waals surface area (Å²) < 4.78 is 12.7. The van der Waals surface area contributed by atoms with E-state index in [4.69, 9.17) is 5.73 Å². The van der Waals surface area contributed by atoms with E-state index >= 15 is 0 Å². The fourth-order valence-corrected chi connectivity index (χ4v) is 1.60. The van der Waals surface area contributed by atoms with Crippen LogP contribution in [0.4, 0.5) is 4.39 Å². The second-order valence-electron chi connectivity index (χ2n) is 3.79. The molecule has 0 bridgehead atoms. The summed E-state index contributed by atoms with van der Waals surface area (Å²) in [7, 11) is 0. The third-order valence-corrected chi connectivity index (χ3v) is 2.66. The number of hydrogen-bond acceptors (Lipinski definition) is 1. The molecule has 2 heteroatoms. The van der Waals surface area contributed by atoms with Crippen molar-refractivity contribution >= 4 is 0 Å². The van der Waals surface area contributed by atoms with Crippen molar-refractivity contribution in [1.29, 1.82) is 0 Å². The standard InChI is InChI=1S/C12H18FN/c1-3-4-12(14)9(2)10-5-7-11(13)8-6-10/h5-9,12H,3-4,14H2,1-2H3. The zero-order valence-corrected chi connectivity index (χ0v) is 8.83. The third-order valence-electron chi connectivity index (χ3n) is 2.66. The quantitative estimate of drug-likeness (QED) is 0.785. The van der Waals surface area contributed by atoms with Crippen LogP contribution in [0.25, 0.3) is 0 Å². The van der Waals surface area contributed by atoms with Crippen LogP contribution in [0, 0.1) is 5.82 Å². The van der Waals surface area contributed by atoms with Gasteiger partial charge in [-0.3, -0.25) is 0 Å². The molecule has 14 heavy (non-hydrogen) atoms. The van der Waals surface area contributed by atoms with Gasteiger partial charge in [0.25, 0.3) is 0 Å². The molecule has 0 amide bonds. The molecule has 0 saturated heterocycles. The lowest BCUT2D eigenvalue weighted by molar-refractivity contribution is 0.521. The number of nitrogens with two attached hydrogens (primary N) is 1. The summed E-state index contributed by atoms with van der Waals surface area (Å²) in [5.41, 5.74) is 7.12. The Hall–Kier alpha value is -0.890. The van der Waals surface area contributed by atoms with Gasteiger partial charge in [0.15, 0.2) is 0 Å². The summed E-state index contributed by atoms with van der Waals surface area (Å²) in [6.07, 6.45) is 2.10. The fourth-order valence-electron chi connectivity index (χ4n) is 1.60. The predicted molar refractivity (Wildman–Crippen MR) is 57.7 cm³/mol. The van der Waals surface area contributed by atoms with E-state index < -0.39 is 0 Å². The molecule has 2 unspecified atom stereocenters. The van der Waals surface area contributed by atoms with E-state index in [9.17, 15) is 4.39 Å². The van der Waals surface area contributed by atoms with Crippen molar-refractivity contribution in [3.05, 3.63) is 35.6 Å². The molecule has 0 fully saturated rings. The molecule has 0 aliphatic heterocycles. The van der Waals surface area contributed by atoms with Gasteiger partial charge in [-0.1, -0.05) is 32.4 Å². The molecular weight excluding hydrogens is 177 g/mol. The van der Waals surface area contributed by atoms with Crippen LogP contribution >= 0.6 is 0 Å². The number of rotatable bonds is 4. The molecule has 0 spiro atoms. The monoisotopic (exact) mass is 195 g/mol. The minimum absolute atomic E-state index is 0.172. The zero-order chi connectivity index (χ0) is 10.6. The molecule has 78 valence electrons. The van der Waals surface area contributed by atoms with Crippen LogP contribution in [0.3, 0.4) is 0 Å². The van der Waals surface area contributed by atoms with Crippen molar-refractivity contribution in [2.24, 2.45) is 5.73 Å². The van der Waals surface area contributed by atoms with Crippen LogP contribution < -0.4 is 5.73 Å². The number of halogens is 1. The smallest absolute Gasteiger partial charge is 0.123 e. The molecule has 2 atom stereocenters. The van der Waals surface area contributed by atoms with E-state index in [-0.39, 0.29) is 11.9 Å². The first-order valence-corrected chi connectivity index (χ1v) is 5.16. The van der Waals surface area contributed by atoms with Crippen LogP contribution in [0.15, 0.2) is 24.3 Å². The van der Waals surface area contributed by atoms with Crippen LogP contribution in [-0.2, 0) is 0 Å². The van der Waals surface area contributed by atoms with Gasteiger partial charge in [0, 0.05) is 6.04 Å². The van der Waals surface area contributed by atoms with Crippen LogP contribution in [-0.4, -0.2) is 6.04 Å². The van der Waals surface area contributed by atoms with Crippen molar-refractivity contribution < 1.29 is 4.39 Å². The molecule has 1 rings (SSSR count). The highest BCUT2D eigenvalue weighted by Gasteiger charge is 2.13. The molecule has 1 aromatic rings. The van der Waals surface area contributed by atoms with Gasteiger partial charge in [-0.25, -0.2) is 4.39 Å². The highest BCUT2D eigenvalue weighted by Crippen LogP contribution is 2.20. The Labute approximate surface area is 85.1 Å². The van der Waals surface area contributed by atoms with Gasteiger partial charge in [0.05, 0.1) is 0 Å². The predicted octanol–water partition coefficient (Wildman–Crippen LogP) is 3.06. The first kappa shape index (κ1) is 11.2. The minimum Gasteiger partial charge on any atom is -0.327 e. The van der Waals surface area contributed by atoms with Gasteiger partial charge in [-0.2, -0.15) is 0 Å². The summed E-state index contributed by atoms with van der Waals surface area (Å²) in [5.74, 6) is 0.112. The van der Waals surface area contributed by atoms with Gasteiger partial charge < -0.3 is 5.73 Å². The van der Waals surface area contributed by atoms with Crippen molar-refractivity contribution in [2.45, 2.75) is 38.6 Å². The highest BCUT2D eigenvalue weighted by molar-refractivity contribution is 5.21. The summed E-state index contributed by atoms with van der Waals surface area (Å²) >= 11 is 0. The Morgan fingerprint density at radius 1 is 1.29 bits per heavy atom. The van der Waals surface area contributed by atoms with E-state index in [2.05, 4.69) is 13.8 Å². The summed E-state index contributed by atoms with van der Waals surface area (Å²) in [6.45, 7) is 4.21. The highest BCUT2D eigenvalue weighted by atomic mass is 19.1. The van der Waals surface area contributed by atoms with Gasteiger partial charge in [-0.05, 0) is 30.0 Å². The Bertz CT molecular complexity index is 268. The zero-order valence-electron chi connectivity index (χ0n) is 8.83. The van der Waals surface area contributed by atoms with E-state index in [0.717, 1.165) is 18.4 Å². The van der Waals surface area contributed by atoms with Gasteiger partial charge in [-0.15, -0.1) is 0 Å². The molecule has 0 aromatic heterocycles. The molecule has 2 N–H and O–H groups in total. The van der Waals surface area contributed by atoms with Crippen LogP contribution in [0.2, 0.25) is 0 Å². The van der Waals surface area contributed by atoms with Crippen LogP contribution in [0.5, 0.6) is 0 Å². The number of benzene rings is 1. The number of hydrogen-bond donors (Lipinski definition) is 1. The molecule has 0 aliphatic carbocycles. The van der Waals surface area contributed by atoms with E-state index in [0.29, 0.717) is 5.92 Å². The van der Waals surface area contributed by atoms with E-state index in [1.165, 1.54) is 12.1 Å². The second-order valence-corrected chi connectivity index (χ2v) is 3.79. The maximum Gasteiger partial charge on any atom is 0.123 e. The van der Waals surface area contributed by atoms with Crippen molar-refractivity contribution in [3.8, 4) is 0 Å². The summed E-state index contributed by atoms with van der Waals surface area (Å²) in [4.78, 5) is 0. The molecule has 1 nitrogen and oxygen atoms in total. The first-order chi connectivity index (χ1) is 6.65. The van der Waals surface area contributed by atoms with Crippen molar-refractivity contribution in [2.75, 3.05) is 0 Å². The lowest BCUT2D eigenvalue weighted by atomic mass is 9.91. The minimum atomic E-state index is -0.190. The Morgan fingerprint density at radius 3 is 2.36 bits per heavy atom. The van der Waals surface area contributed by atoms with E-state index in [1.807, 2.05) is 12.1 Å². The normalized spacial score (nSPS) is 15.1. The lowest BCUT2D eigenvalue weighted by Crippen LogP contribution is -2.26. The lowest BCUT2D eigenvalue weighted by Gasteiger charge is -2.19. The molecule has 0 heterocycles. The topological polar surface area (TPSA) is 26.0 Å². The molecule has 0 saturated carbocycles. The van der Waals surface area contributed by atoms with Gasteiger partial charge >= 0.3 is 0 Å². The maximum absolute atomic E-state index is 12.7. The maximum atomic E-state index is 12.7. The van der Waals surface area contributed by atoms with Crippen LogP contribution in [0.1, 0.15) is 38.2 Å². The average molecular weight is 195 g/mol. The largest absolute Gasteiger partial charge is 0.327 e. The SMILES string of the molecule is CCCC(N)C(C)c1ccc(F)cc1. The first-order valence-electron chi connectivity index (χ1n) is 5.16. The van der Waals surface area contributed by atoms with E-state index in [1.54, 1.807) is 0 Å². The second kappa shape index (κ2) is 5.11. The Balaban J connectivity index is 2.68. The van der Waals surface area contributed by atoms with Crippen molar-refractivity contribution in [3.63, 3.8) is 0 Å². The Kier molecular flexibility index (Phi) is 4.08. The molecular formula is C12H18FN. The fraction of sp³-hybridized carbons (Fsp3) is 0.500. The molecule has 0 aliphatic rings. The Morgan fingerprint density at radius 2 is 1.86 bits per heavy atom.